The number of benzene rings is 2. The van der Waals surface area contributed by atoms with Crippen molar-refractivity contribution >= 4 is 21.8 Å². The van der Waals surface area contributed by atoms with E-state index in [4.69, 9.17) is 0 Å². The Morgan fingerprint density at radius 3 is 2.67 bits per heavy atom. The molecule has 0 heterocycles. The number of hydrogen-bond donors (Lipinski definition) is 1. The van der Waals surface area contributed by atoms with Gasteiger partial charge in [0.2, 0.25) is 5.91 Å². The van der Waals surface area contributed by atoms with Gasteiger partial charge in [-0.3, -0.25) is 4.79 Å². The van der Waals surface area contributed by atoms with Gasteiger partial charge in [-0.05, 0) is 49.1 Å². The second-order valence-corrected chi connectivity index (χ2v) is 6.19. The Bertz CT molecular complexity index is 624. The minimum atomic E-state index is 0.0428. The third kappa shape index (κ3) is 4.71. The van der Waals surface area contributed by atoms with E-state index in [1.54, 1.807) is 0 Å². The molecule has 2 rings (SSSR count). The lowest BCUT2D eigenvalue weighted by Crippen LogP contribution is -2.27. The first kappa shape index (κ1) is 15.8. The molecule has 0 saturated carbocycles. The first-order chi connectivity index (χ1) is 10.1. The fourth-order valence-corrected chi connectivity index (χ4v) is 2.86. The molecule has 0 spiro atoms. The van der Waals surface area contributed by atoms with E-state index in [0.29, 0.717) is 6.42 Å². The molecule has 0 saturated heterocycles. The fourth-order valence-electron chi connectivity index (χ4n) is 2.41. The van der Waals surface area contributed by atoms with Crippen molar-refractivity contribution in [1.82, 2.24) is 5.32 Å². The SMILES string of the molecule is Cc1ccccc1C(C)NC(=O)CCc1cccc(Br)c1. The van der Waals surface area contributed by atoms with Crippen LogP contribution in [-0.2, 0) is 11.2 Å². The first-order valence-electron chi connectivity index (χ1n) is 7.15. The summed E-state index contributed by atoms with van der Waals surface area (Å²) in [4.78, 5) is 12.1. The maximum Gasteiger partial charge on any atom is 0.220 e. The lowest BCUT2D eigenvalue weighted by atomic mass is 10.0. The quantitative estimate of drug-likeness (QED) is 0.844. The highest BCUT2D eigenvalue weighted by Crippen LogP contribution is 2.17. The smallest absolute Gasteiger partial charge is 0.220 e. The average molecular weight is 346 g/mol. The molecule has 3 heteroatoms. The Morgan fingerprint density at radius 2 is 1.95 bits per heavy atom. The molecular formula is C18H20BrNO. The van der Waals surface area contributed by atoms with Crippen LogP contribution in [0.2, 0.25) is 0 Å². The van der Waals surface area contributed by atoms with Crippen molar-refractivity contribution in [3.05, 3.63) is 69.7 Å². The van der Waals surface area contributed by atoms with Gasteiger partial charge in [-0.25, -0.2) is 0 Å². The molecule has 0 fully saturated rings. The van der Waals surface area contributed by atoms with Crippen LogP contribution >= 0.6 is 15.9 Å². The molecule has 1 unspecified atom stereocenters. The van der Waals surface area contributed by atoms with Gasteiger partial charge in [0.05, 0.1) is 6.04 Å². The molecule has 1 atom stereocenters. The topological polar surface area (TPSA) is 29.1 Å². The number of rotatable bonds is 5. The van der Waals surface area contributed by atoms with Crippen LogP contribution in [0, 0.1) is 6.92 Å². The number of aryl methyl sites for hydroxylation is 2. The van der Waals surface area contributed by atoms with Crippen molar-refractivity contribution in [2.45, 2.75) is 32.7 Å². The highest BCUT2D eigenvalue weighted by molar-refractivity contribution is 9.10. The summed E-state index contributed by atoms with van der Waals surface area (Å²) in [6.07, 6.45) is 1.26. The number of halogens is 1. The number of carbonyl (C=O) groups is 1. The van der Waals surface area contributed by atoms with Crippen LogP contribution in [0.15, 0.2) is 53.0 Å². The first-order valence-corrected chi connectivity index (χ1v) is 7.95. The van der Waals surface area contributed by atoms with Gasteiger partial charge in [-0.15, -0.1) is 0 Å². The van der Waals surface area contributed by atoms with Crippen molar-refractivity contribution in [2.24, 2.45) is 0 Å². The number of carbonyl (C=O) groups excluding carboxylic acids is 1. The summed E-state index contributed by atoms with van der Waals surface area (Å²) in [5.41, 5.74) is 3.55. The molecule has 1 amide bonds. The van der Waals surface area contributed by atoms with E-state index in [1.807, 2.05) is 37.3 Å². The number of hydrogen-bond acceptors (Lipinski definition) is 1. The van der Waals surface area contributed by atoms with Gasteiger partial charge in [0.25, 0.3) is 0 Å². The zero-order chi connectivity index (χ0) is 15.2. The Hall–Kier alpha value is -1.61. The van der Waals surface area contributed by atoms with Crippen LogP contribution in [0.4, 0.5) is 0 Å². The number of nitrogens with one attached hydrogen (secondary N) is 1. The molecule has 1 N–H and O–H groups in total. The Labute approximate surface area is 134 Å². The van der Waals surface area contributed by atoms with Gasteiger partial charge in [0, 0.05) is 10.9 Å². The third-order valence-corrected chi connectivity index (χ3v) is 4.06. The van der Waals surface area contributed by atoms with Crippen molar-refractivity contribution in [3.8, 4) is 0 Å². The molecule has 2 aromatic carbocycles. The molecule has 2 nitrogen and oxygen atoms in total. The normalized spacial score (nSPS) is 12.0. The molecule has 2 aromatic rings. The Balaban J connectivity index is 1.89. The second-order valence-electron chi connectivity index (χ2n) is 5.28. The van der Waals surface area contributed by atoms with Crippen molar-refractivity contribution in [2.75, 3.05) is 0 Å². The van der Waals surface area contributed by atoms with Gasteiger partial charge in [-0.1, -0.05) is 52.3 Å². The number of amides is 1. The van der Waals surface area contributed by atoms with E-state index in [-0.39, 0.29) is 11.9 Å². The maximum absolute atomic E-state index is 12.1. The largest absolute Gasteiger partial charge is 0.350 e. The summed E-state index contributed by atoms with van der Waals surface area (Å²) in [6.45, 7) is 4.10. The van der Waals surface area contributed by atoms with E-state index < -0.39 is 0 Å². The molecule has 0 radical (unpaired) electrons. The molecule has 0 aliphatic heterocycles. The van der Waals surface area contributed by atoms with Gasteiger partial charge >= 0.3 is 0 Å². The van der Waals surface area contributed by atoms with Crippen molar-refractivity contribution < 1.29 is 4.79 Å². The summed E-state index contributed by atoms with van der Waals surface area (Å²) in [7, 11) is 0. The average Bonchev–Trinajstić information content (AvgIpc) is 2.45. The summed E-state index contributed by atoms with van der Waals surface area (Å²) in [6, 6.07) is 16.3. The monoisotopic (exact) mass is 345 g/mol. The van der Waals surface area contributed by atoms with E-state index in [2.05, 4.69) is 46.4 Å². The molecular weight excluding hydrogens is 326 g/mol. The zero-order valence-corrected chi connectivity index (χ0v) is 14.0. The molecule has 110 valence electrons. The van der Waals surface area contributed by atoms with Crippen LogP contribution in [0.3, 0.4) is 0 Å². The predicted octanol–water partition coefficient (Wildman–Crippen LogP) is 4.57. The van der Waals surface area contributed by atoms with Gasteiger partial charge in [0.15, 0.2) is 0 Å². The molecule has 0 aliphatic rings. The summed E-state index contributed by atoms with van der Waals surface area (Å²) < 4.78 is 1.05. The molecule has 0 aromatic heterocycles. The van der Waals surface area contributed by atoms with Crippen molar-refractivity contribution in [1.29, 1.82) is 0 Å². The van der Waals surface area contributed by atoms with Crippen LogP contribution < -0.4 is 5.32 Å². The predicted molar refractivity (Wildman–Crippen MR) is 90.2 cm³/mol. The van der Waals surface area contributed by atoms with Crippen molar-refractivity contribution in [3.63, 3.8) is 0 Å². The van der Waals surface area contributed by atoms with Gasteiger partial charge in [0.1, 0.15) is 0 Å². The highest BCUT2D eigenvalue weighted by atomic mass is 79.9. The summed E-state index contributed by atoms with van der Waals surface area (Å²) in [5.74, 6) is 0.0886. The van der Waals surface area contributed by atoms with Gasteiger partial charge in [-0.2, -0.15) is 0 Å². The van der Waals surface area contributed by atoms with E-state index in [0.717, 1.165) is 10.9 Å². The van der Waals surface area contributed by atoms with Gasteiger partial charge < -0.3 is 5.32 Å². The molecule has 0 bridgehead atoms. The summed E-state index contributed by atoms with van der Waals surface area (Å²) in [5, 5.41) is 3.07. The fraction of sp³-hybridized carbons (Fsp3) is 0.278. The lowest BCUT2D eigenvalue weighted by Gasteiger charge is -2.16. The third-order valence-electron chi connectivity index (χ3n) is 3.56. The standard InChI is InChI=1S/C18H20BrNO/c1-13-6-3-4-9-17(13)14(2)20-18(21)11-10-15-7-5-8-16(19)12-15/h3-9,12,14H,10-11H2,1-2H3,(H,20,21). The minimum absolute atomic E-state index is 0.0428. The zero-order valence-electron chi connectivity index (χ0n) is 12.4. The summed E-state index contributed by atoms with van der Waals surface area (Å²) >= 11 is 3.45. The Kier molecular flexibility index (Phi) is 5.57. The van der Waals surface area contributed by atoms with Crippen LogP contribution in [0.1, 0.15) is 36.1 Å². The lowest BCUT2D eigenvalue weighted by molar-refractivity contribution is -0.121. The second kappa shape index (κ2) is 7.41. The van der Waals surface area contributed by atoms with Crippen LogP contribution in [0.25, 0.3) is 0 Å². The van der Waals surface area contributed by atoms with E-state index in [1.165, 1.54) is 16.7 Å². The maximum atomic E-state index is 12.1. The van der Waals surface area contributed by atoms with Crippen LogP contribution in [-0.4, -0.2) is 5.91 Å². The molecule has 0 aliphatic carbocycles. The highest BCUT2D eigenvalue weighted by Gasteiger charge is 2.11. The van der Waals surface area contributed by atoms with E-state index in [9.17, 15) is 4.79 Å². The minimum Gasteiger partial charge on any atom is -0.350 e. The van der Waals surface area contributed by atoms with E-state index >= 15 is 0 Å². The Morgan fingerprint density at radius 1 is 1.19 bits per heavy atom. The molecule has 21 heavy (non-hydrogen) atoms. The van der Waals surface area contributed by atoms with Crippen LogP contribution in [0.5, 0.6) is 0 Å².